The quantitative estimate of drug-likeness (QED) is 0.679. The zero-order valence-electron chi connectivity index (χ0n) is 9.74. The van der Waals surface area contributed by atoms with Crippen molar-refractivity contribution in [1.29, 1.82) is 0 Å². The minimum absolute atomic E-state index is 0.0699. The molecule has 0 saturated carbocycles. The first-order chi connectivity index (χ1) is 7.31. The molecule has 0 aromatic carbocycles. The predicted octanol–water partition coefficient (Wildman–Crippen LogP) is 0.701. The first-order valence-corrected chi connectivity index (χ1v) is 5.21. The van der Waals surface area contributed by atoms with Gasteiger partial charge in [-0.2, -0.15) is 0 Å². The largest absolute Gasteiger partial charge is 0.478 e. The molecule has 2 N–H and O–H groups in total. The van der Waals surface area contributed by atoms with Gasteiger partial charge in [0, 0.05) is 0 Å². The summed E-state index contributed by atoms with van der Waals surface area (Å²) < 4.78 is 5.15. The Labute approximate surface area is 94.5 Å². The molecule has 0 bridgehead atoms. The van der Waals surface area contributed by atoms with Crippen LogP contribution in [0.2, 0.25) is 0 Å². The summed E-state index contributed by atoms with van der Waals surface area (Å²) in [6.45, 7) is 5.83. The monoisotopic (exact) mass is 227 g/mol. The SMILES string of the molecule is CC(C)(C)OC(=O)C1NCCC=C1C(=O)O. The van der Waals surface area contributed by atoms with E-state index in [-0.39, 0.29) is 5.57 Å². The number of carbonyl (C=O) groups excluding carboxylic acids is 1. The van der Waals surface area contributed by atoms with Gasteiger partial charge in [0.2, 0.25) is 0 Å². The van der Waals surface area contributed by atoms with E-state index in [1.165, 1.54) is 0 Å². The number of ether oxygens (including phenoxy) is 1. The number of hydrogen-bond acceptors (Lipinski definition) is 4. The van der Waals surface area contributed by atoms with Crippen molar-refractivity contribution in [2.24, 2.45) is 0 Å². The number of carboxylic acids is 1. The molecule has 0 amide bonds. The van der Waals surface area contributed by atoms with Gasteiger partial charge in [-0.1, -0.05) is 6.08 Å². The molecule has 1 unspecified atom stereocenters. The molecule has 90 valence electrons. The van der Waals surface area contributed by atoms with Gasteiger partial charge in [-0.05, 0) is 33.7 Å². The van der Waals surface area contributed by atoms with Crippen LogP contribution in [0.25, 0.3) is 0 Å². The third-order valence-electron chi connectivity index (χ3n) is 2.06. The number of esters is 1. The van der Waals surface area contributed by atoms with Gasteiger partial charge < -0.3 is 15.2 Å². The Morgan fingerprint density at radius 3 is 2.62 bits per heavy atom. The Balaban J connectivity index is 2.78. The maximum Gasteiger partial charge on any atom is 0.333 e. The van der Waals surface area contributed by atoms with Crippen LogP contribution in [0, 0.1) is 0 Å². The molecule has 5 heteroatoms. The Morgan fingerprint density at radius 1 is 1.50 bits per heavy atom. The van der Waals surface area contributed by atoms with Crippen LogP contribution in [0.3, 0.4) is 0 Å². The number of carbonyl (C=O) groups is 2. The maximum atomic E-state index is 11.7. The number of carboxylic acid groups (broad SMARTS) is 1. The molecule has 1 aliphatic rings. The van der Waals surface area contributed by atoms with Crippen molar-refractivity contribution in [2.45, 2.75) is 38.8 Å². The lowest BCUT2D eigenvalue weighted by Gasteiger charge is -2.26. The van der Waals surface area contributed by atoms with Gasteiger partial charge in [-0.15, -0.1) is 0 Å². The number of nitrogens with one attached hydrogen (secondary N) is 1. The first-order valence-electron chi connectivity index (χ1n) is 5.21. The summed E-state index contributed by atoms with van der Waals surface area (Å²) in [7, 11) is 0. The second-order valence-corrected chi connectivity index (χ2v) is 4.67. The molecule has 5 nitrogen and oxygen atoms in total. The average molecular weight is 227 g/mol. The van der Waals surface area contributed by atoms with Crippen molar-refractivity contribution in [1.82, 2.24) is 5.32 Å². The lowest BCUT2D eigenvalue weighted by molar-refractivity contribution is -0.157. The van der Waals surface area contributed by atoms with Crippen LogP contribution < -0.4 is 5.32 Å². The van der Waals surface area contributed by atoms with E-state index >= 15 is 0 Å². The van der Waals surface area contributed by atoms with Crippen LogP contribution in [-0.2, 0) is 14.3 Å². The molecule has 0 spiro atoms. The van der Waals surface area contributed by atoms with E-state index < -0.39 is 23.6 Å². The summed E-state index contributed by atoms with van der Waals surface area (Å²) in [6, 6.07) is -0.856. The highest BCUT2D eigenvalue weighted by Crippen LogP contribution is 2.15. The highest BCUT2D eigenvalue weighted by molar-refractivity contribution is 5.97. The topological polar surface area (TPSA) is 75.6 Å². The van der Waals surface area contributed by atoms with Gasteiger partial charge in [0.25, 0.3) is 0 Å². The first kappa shape index (κ1) is 12.7. The Kier molecular flexibility index (Phi) is 3.70. The van der Waals surface area contributed by atoms with Crippen LogP contribution >= 0.6 is 0 Å². The molecule has 1 heterocycles. The van der Waals surface area contributed by atoms with Crippen LogP contribution in [0.4, 0.5) is 0 Å². The fraction of sp³-hybridized carbons (Fsp3) is 0.636. The van der Waals surface area contributed by atoms with Gasteiger partial charge in [-0.3, -0.25) is 0 Å². The van der Waals surface area contributed by atoms with Gasteiger partial charge >= 0.3 is 11.9 Å². The number of aliphatic carboxylic acids is 1. The summed E-state index contributed by atoms with van der Waals surface area (Å²) in [5, 5.41) is 11.8. The normalized spacial score (nSPS) is 21.2. The lowest BCUT2D eigenvalue weighted by Crippen LogP contribution is -2.46. The van der Waals surface area contributed by atoms with Crippen molar-refractivity contribution in [3.05, 3.63) is 11.6 Å². The van der Waals surface area contributed by atoms with E-state index in [2.05, 4.69) is 5.32 Å². The van der Waals surface area contributed by atoms with E-state index in [1.54, 1.807) is 26.8 Å². The average Bonchev–Trinajstić information content (AvgIpc) is 2.15. The molecular formula is C11H17NO4. The summed E-state index contributed by atoms with van der Waals surface area (Å²) in [4.78, 5) is 22.7. The third-order valence-corrected chi connectivity index (χ3v) is 2.06. The van der Waals surface area contributed by atoms with Crippen LogP contribution in [0.15, 0.2) is 11.6 Å². The number of rotatable bonds is 2. The standard InChI is InChI=1S/C11H17NO4/c1-11(2,3)16-10(15)8-7(9(13)14)5-4-6-12-8/h5,8,12H,4,6H2,1-3H3,(H,13,14). The molecule has 16 heavy (non-hydrogen) atoms. The Morgan fingerprint density at radius 2 is 2.12 bits per heavy atom. The summed E-state index contributed by atoms with van der Waals surface area (Å²) in [6.07, 6.45) is 2.17. The van der Waals surface area contributed by atoms with E-state index in [4.69, 9.17) is 9.84 Å². The van der Waals surface area contributed by atoms with Crippen molar-refractivity contribution >= 4 is 11.9 Å². The number of hydrogen-bond donors (Lipinski definition) is 2. The fourth-order valence-electron chi connectivity index (χ4n) is 1.46. The predicted molar refractivity (Wildman–Crippen MR) is 58.0 cm³/mol. The summed E-state index contributed by atoms with van der Waals surface area (Å²) >= 11 is 0. The second kappa shape index (κ2) is 4.65. The summed E-state index contributed by atoms with van der Waals surface area (Å²) in [5.41, 5.74) is -0.541. The lowest BCUT2D eigenvalue weighted by atomic mass is 10.0. The van der Waals surface area contributed by atoms with Crippen LogP contribution in [0.5, 0.6) is 0 Å². The molecule has 0 aromatic heterocycles. The van der Waals surface area contributed by atoms with Gasteiger partial charge in [0.15, 0.2) is 0 Å². The molecule has 0 aromatic rings. The van der Waals surface area contributed by atoms with E-state index in [1.807, 2.05) is 0 Å². The van der Waals surface area contributed by atoms with Crippen molar-refractivity contribution in [2.75, 3.05) is 6.54 Å². The minimum Gasteiger partial charge on any atom is -0.478 e. The van der Waals surface area contributed by atoms with Crippen LogP contribution in [-0.4, -0.2) is 35.2 Å². The van der Waals surface area contributed by atoms with Gasteiger partial charge in [0.05, 0.1) is 5.57 Å². The maximum absolute atomic E-state index is 11.7. The van der Waals surface area contributed by atoms with E-state index in [9.17, 15) is 9.59 Å². The zero-order valence-corrected chi connectivity index (χ0v) is 9.74. The highest BCUT2D eigenvalue weighted by atomic mass is 16.6. The molecule has 1 rings (SSSR count). The van der Waals surface area contributed by atoms with E-state index in [0.717, 1.165) is 0 Å². The highest BCUT2D eigenvalue weighted by Gasteiger charge is 2.32. The van der Waals surface area contributed by atoms with Crippen molar-refractivity contribution in [3.8, 4) is 0 Å². The molecule has 0 aliphatic carbocycles. The molecule has 0 fully saturated rings. The van der Waals surface area contributed by atoms with Gasteiger partial charge in [-0.25, -0.2) is 9.59 Å². The molecule has 0 saturated heterocycles. The molecule has 0 radical (unpaired) electrons. The Hall–Kier alpha value is -1.36. The minimum atomic E-state index is -1.08. The van der Waals surface area contributed by atoms with Crippen molar-refractivity contribution < 1.29 is 19.4 Å². The van der Waals surface area contributed by atoms with Crippen LogP contribution in [0.1, 0.15) is 27.2 Å². The summed E-state index contributed by atoms with van der Waals surface area (Å²) in [5.74, 6) is -1.62. The van der Waals surface area contributed by atoms with Crippen molar-refractivity contribution in [3.63, 3.8) is 0 Å². The fourth-order valence-corrected chi connectivity index (χ4v) is 1.46. The molecule has 1 atom stereocenters. The van der Waals surface area contributed by atoms with E-state index in [0.29, 0.717) is 13.0 Å². The molecular weight excluding hydrogens is 210 g/mol. The third kappa shape index (κ3) is 3.34. The Bertz CT molecular complexity index is 327. The zero-order chi connectivity index (χ0) is 12.3. The smallest absolute Gasteiger partial charge is 0.333 e. The van der Waals surface area contributed by atoms with Gasteiger partial charge in [0.1, 0.15) is 11.6 Å². The second-order valence-electron chi connectivity index (χ2n) is 4.67. The molecule has 1 aliphatic heterocycles.